The van der Waals surface area contributed by atoms with Crippen LogP contribution in [0.5, 0.6) is 11.5 Å². The lowest BCUT2D eigenvalue weighted by Crippen LogP contribution is -2.30. The van der Waals surface area contributed by atoms with Crippen molar-refractivity contribution >= 4 is 11.9 Å². The predicted molar refractivity (Wildman–Crippen MR) is 172 cm³/mol. The van der Waals surface area contributed by atoms with E-state index in [-0.39, 0.29) is 0 Å². The molecule has 0 amide bonds. The predicted octanol–water partition coefficient (Wildman–Crippen LogP) is 8.92. The van der Waals surface area contributed by atoms with Gasteiger partial charge in [0.15, 0.2) is 0 Å². The number of benzene rings is 4. The van der Waals surface area contributed by atoms with Crippen LogP contribution < -0.4 is 9.47 Å². The Bertz CT molecular complexity index is 1370. The van der Waals surface area contributed by atoms with Crippen LogP contribution in [0.15, 0.2) is 97.1 Å². The molecule has 8 heterocycles. The molecule has 0 fully saturated rings. The second-order valence-corrected chi connectivity index (χ2v) is 11.2. The molecule has 8 bridgehead atoms. The smallest absolute Gasteiger partial charge is 0.338 e. The maximum Gasteiger partial charge on any atom is 0.338 e. The highest BCUT2D eigenvalue weighted by molar-refractivity contribution is 5.91. The van der Waals surface area contributed by atoms with Gasteiger partial charge in [0.2, 0.25) is 0 Å². The van der Waals surface area contributed by atoms with Gasteiger partial charge in [-0.15, -0.1) is 0 Å². The molecule has 0 aromatic heterocycles. The second-order valence-electron chi connectivity index (χ2n) is 11.2. The maximum absolute atomic E-state index is 12.8. The molecule has 4 aromatic rings. The summed E-state index contributed by atoms with van der Waals surface area (Å²) in [6.07, 6.45) is 5.48. The van der Waals surface area contributed by atoms with E-state index in [1.807, 2.05) is 72.8 Å². The monoisotopic (exact) mass is 592 g/mol. The van der Waals surface area contributed by atoms with Gasteiger partial charge in [-0.1, -0.05) is 74.2 Å². The van der Waals surface area contributed by atoms with E-state index in [1.54, 1.807) is 38.1 Å². The van der Waals surface area contributed by atoms with Gasteiger partial charge >= 0.3 is 11.9 Å². The van der Waals surface area contributed by atoms with Crippen LogP contribution in [-0.2, 0) is 9.47 Å². The lowest BCUT2D eigenvalue weighted by Gasteiger charge is -2.21. The van der Waals surface area contributed by atoms with E-state index in [0.717, 1.165) is 59.4 Å². The number of carbonyl (C=O) groups is 2. The molecule has 0 N–H and O–H groups in total. The van der Waals surface area contributed by atoms with Crippen molar-refractivity contribution in [2.45, 2.75) is 64.6 Å². The number of hydrogen-bond donors (Lipinski definition) is 0. The fraction of sp³-hybridized carbons (Fsp3) is 0.316. The molecular formula is C38H40O6. The molecule has 8 aliphatic heterocycles. The summed E-state index contributed by atoms with van der Waals surface area (Å²) in [5.74, 6) is 0.765. The molecule has 6 heteroatoms. The summed E-state index contributed by atoms with van der Waals surface area (Å²) in [5, 5.41) is 0. The Morgan fingerprint density at radius 1 is 0.409 bits per heavy atom. The molecule has 2 atom stereocenters. The summed E-state index contributed by atoms with van der Waals surface area (Å²) in [4.78, 5) is 25.6. The van der Waals surface area contributed by atoms with Gasteiger partial charge in [0.1, 0.15) is 23.7 Å². The minimum atomic E-state index is -0.632. The van der Waals surface area contributed by atoms with E-state index in [0.29, 0.717) is 24.3 Å². The van der Waals surface area contributed by atoms with E-state index in [4.69, 9.17) is 18.9 Å². The Morgan fingerprint density at radius 2 is 0.682 bits per heavy atom. The molecule has 228 valence electrons. The first-order chi connectivity index (χ1) is 21.5. The highest BCUT2D eigenvalue weighted by atomic mass is 16.6. The number of rotatable bonds is 0. The fourth-order valence-corrected chi connectivity index (χ4v) is 5.04. The summed E-state index contributed by atoms with van der Waals surface area (Å²) < 4.78 is 23.1. The van der Waals surface area contributed by atoms with E-state index in [2.05, 4.69) is 0 Å². The van der Waals surface area contributed by atoms with E-state index in [9.17, 15) is 9.59 Å². The average molecular weight is 593 g/mol. The lowest BCUT2D eigenvalue weighted by molar-refractivity contribution is -0.0239. The Morgan fingerprint density at radius 3 is 1.02 bits per heavy atom. The maximum atomic E-state index is 12.8. The van der Waals surface area contributed by atoms with Gasteiger partial charge < -0.3 is 18.9 Å². The Kier molecular flexibility index (Phi) is 10.7. The number of ether oxygens (including phenoxy) is 4. The normalized spacial score (nSPS) is 18.8. The van der Waals surface area contributed by atoms with Crippen LogP contribution >= 0.6 is 0 Å². The quantitative estimate of drug-likeness (QED) is 0.190. The zero-order valence-corrected chi connectivity index (χ0v) is 25.5. The van der Waals surface area contributed by atoms with E-state index >= 15 is 0 Å². The topological polar surface area (TPSA) is 71.1 Å². The second kappa shape index (κ2) is 15.2. The first-order valence-corrected chi connectivity index (χ1v) is 15.5. The molecule has 0 unspecified atom stereocenters. The highest BCUT2D eigenvalue weighted by Gasteiger charge is 2.22. The molecule has 12 rings (SSSR count). The largest absolute Gasteiger partial charge is 0.494 e. The van der Waals surface area contributed by atoms with Crippen molar-refractivity contribution in [3.8, 4) is 33.8 Å². The summed E-state index contributed by atoms with van der Waals surface area (Å²) in [6.45, 7) is 4.85. The van der Waals surface area contributed by atoms with Crippen LogP contribution in [0.4, 0.5) is 0 Å². The number of hydrogen-bond acceptors (Lipinski definition) is 6. The molecule has 8 aliphatic rings. The van der Waals surface area contributed by atoms with Crippen LogP contribution in [0.25, 0.3) is 22.3 Å². The first kappa shape index (κ1) is 30.9. The molecule has 0 spiro atoms. The molecule has 4 aromatic carbocycles. The van der Waals surface area contributed by atoms with Gasteiger partial charge in [0.25, 0.3) is 0 Å². The van der Waals surface area contributed by atoms with Crippen molar-refractivity contribution in [3.05, 3.63) is 108 Å². The zero-order chi connectivity index (χ0) is 30.7. The van der Waals surface area contributed by atoms with Crippen LogP contribution in [-0.4, -0.2) is 37.4 Å². The van der Waals surface area contributed by atoms with Crippen molar-refractivity contribution in [1.29, 1.82) is 0 Å². The Balaban J connectivity index is 1.25. The average Bonchev–Trinajstić information content (AvgIpc) is 3.06. The molecule has 6 nitrogen and oxygen atoms in total. The first-order valence-electron chi connectivity index (χ1n) is 15.5. The van der Waals surface area contributed by atoms with Crippen molar-refractivity contribution in [2.75, 3.05) is 13.2 Å². The van der Waals surface area contributed by atoms with Gasteiger partial charge in [-0.3, -0.25) is 0 Å². The zero-order valence-electron chi connectivity index (χ0n) is 25.5. The highest BCUT2D eigenvalue weighted by Crippen LogP contribution is 2.25. The molecule has 0 radical (unpaired) electrons. The number of carbonyl (C=O) groups excluding carboxylic acids is 2. The van der Waals surface area contributed by atoms with E-state index in [1.165, 1.54) is 12.8 Å². The molecule has 44 heavy (non-hydrogen) atoms. The van der Waals surface area contributed by atoms with Gasteiger partial charge in [-0.2, -0.15) is 0 Å². The van der Waals surface area contributed by atoms with Crippen molar-refractivity contribution in [3.63, 3.8) is 0 Å². The molecule has 0 saturated heterocycles. The third-order valence-corrected chi connectivity index (χ3v) is 7.94. The van der Waals surface area contributed by atoms with Gasteiger partial charge in [0, 0.05) is 0 Å². The lowest BCUT2D eigenvalue weighted by atomic mass is 10.0. The van der Waals surface area contributed by atoms with E-state index < -0.39 is 24.1 Å². The number of esters is 2. The van der Waals surface area contributed by atoms with Gasteiger partial charge in [-0.25, -0.2) is 9.59 Å². The van der Waals surface area contributed by atoms with Crippen molar-refractivity contribution < 1.29 is 28.5 Å². The molecule has 0 aliphatic carbocycles. The van der Waals surface area contributed by atoms with Crippen LogP contribution in [0, 0.1) is 0 Å². The third kappa shape index (κ3) is 8.50. The molecule has 0 saturated carbocycles. The fourth-order valence-electron chi connectivity index (χ4n) is 5.04. The minimum absolute atomic E-state index is 0.431. The third-order valence-electron chi connectivity index (χ3n) is 7.94. The summed E-state index contributed by atoms with van der Waals surface area (Å²) in [5.41, 5.74) is 4.91. The van der Waals surface area contributed by atoms with Crippen molar-refractivity contribution in [1.82, 2.24) is 0 Å². The van der Waals surface area contributed by atoms with Gasteiger partial charge in [0.05, 0.1) is 24.3 Å². The SMILES string of the molecule is C[C@H]1OC(=O)c2ccc(cc2)-c2ccc(cc2)OCCCCCCCCOc2ccc(cc2)-c2ccc(cc2)C(=O)O[C@@H]1C. The summed E-state index contributed by atoms with van der Waals surface area (Å²) in [7, 11) is 0. The summed E-state index contributed by atoms with van der Waals surface area (Å²) >= 11 is 0. The Hall–Kier alpha value is -4.58. The minimum Gasteiger partial charge on any atom is -0.494 e. The Labute approximate surface area is 259 Å². The van der Waals surface area contributed by atoms with Gasteiger partial charge in [-0.05, 0) is 97.5 Å². The standard InChI is InChI=1S/C38H40O6/c1-27-28(2)44-38(40)34-15-11-30(12-16-34)32-19-23-36(24-20-32)42-26-8-6-4-3-5-7-25-41-35-21-17-31(18-22-35)29-9-13-33(14-10-29)37(39)43-27/h9-24,27-28H,3-8,25-26H2,1-2H3/t27-,28-/m1/s1. The van der Waals surface area contributed by atoms with Crippen LogP contribution in [0.1, 0.15) is 73.1 Å². The van der Waals surface area contributed by atoms with Crippen molar-refractivity contribution in [2.24, 2.45) is 0 Å². The molecular weight excluding hydrogens is 552 g/mol. The summed E-state index contributed by atoms with van der Waals surface area (Å²) in [6, 6.07) is 30.6. The van der Waals surface area contributed by atoms with Crippen LogP contribution in [0.2, 0.25) is 0 Å². The van der Waals surface area contributed by atoms with Crippen LogP contribution in [0.3, 0.4) is 0 Å².